The summed E-state index contributed by atoms with van der Waals surface area (Å²) in [6, 6.07) is 1.71. The molecule has 1 N–H and O–H groups in total. The molecule has 1 atom stereocenters. The number of nitrogens with zero attached hydrogens (tertiary/aromatic N) is 3. The molecular formula is C5H6N4O2. The average Bonchev–Trinajstić information content (AvgIpc) is 2.41. The number of aromatic nitrogens is 2. The molecule has 1 aliphatic heterocycles. The molecule has 0 radical (unpaired) electrons. The highest BCUT2D eigenvalue weighted by molar-refractivity contribution is 5.37. The SMILES string of the molecule is O=[N+]([O-])C1CNc2ccnn21. The van der Waals surface area contributed by atoms with E-state index in [0.717, 1.165) is 0 Å². The minimum atomic E-state index is -0.736. The van der Waals surface area contributed by atoms with Crippen LogP contribution in [0.15, 0.2) is 12.3 Å². The van der Waals surface area contributed by atoms with Gasteiger partial charge in [0.25, 0.3) is 0 Å². The van der Waals surface area contributed by atoms with Crippen molar-refractivity contribution in [2.75, 3.05) is 11.9 Å². The van der Waals surface area contributed by atoms with Crippen molar-refractivity contribution in [1.82, 2.24) is 9.78 Å². The third-order valence-corrected chi connectivity index (χ3v) is 1.66. The first-order valence-electron chi connectivity index (χ1n) is 3.20. The lowest BCUT2D eigenvalue weighted by molar-refractivity contribution is -0.543. The second kappa shape index (κ2) is 1.94. The summed E-state index contributed by atoms with van der Waals surface area (Å²) in [6.07, 6.45) is 0.804. The number of nitro groups is 1. The van der Waals surface area contributed by atoms with Crippen molar-refractivity contribution in [2.24, 2.45) is 0 Å². The summed E-state index contributed by atoms with van der Waals surface area (Å²) in [5.41, 5.74) is 0. The van der Waals surface area contributed by atoms with Crippen molar-refractivity contribution in [3.05, 3.63) is 22.4 Å². The molecule has 6 nitrogen and oxygen atoms in total. The van der Waals surface area contributed by atoms with Crippen LogP contribution in [0.1, 0.15) is 6.17 Å². The summed E-state index contributed by atoms with van der Waals surface area (Å²) in [6.45, 7) is 0.330. The van der Waals surface area contributed by atoms with E-state index in [2.05, 4.69) is 10.4 Å². The van der Waals surface area contributed by atoms with Crippen LogP contribution in [-0.2, 0) is 0 Å². The van der Waals surface area contributed by atoms with Crippen LogP contribution in [-0.4, -0.2) is 21.2 Å². The van der Waals surface area contributed by atoms with Gasteiger partial charge in [-0.1, -0.05) is 0 Å². The fourth-order valence-electron chi connectivity index (χ4n) is 1.14. The Hall–Kier alpha value is -1.59. The summed E-state index contributed by atoms with van der Waals surface area (Å²) < 4.78 is 1.38. The van der Waals surface area contributed by atoms with Gasteiger partial charge in [0.1, 0.15) is 12.4 Å². The van der Waals surface area contributed by atoms with Crippen LogP contribution in [0.4, 0.5) is 5.82 Å². The van der Waals surface area contributed by atoms with E-state index < -0.39 is 6.17 Å². The smallest absolute Gasteiger partial charge is 0.323 e. The van der Waals surface area contributed by atoms with Crippen molar-refractivity contribution >= 4 is 5.82 Å². The lowest BCUT2D eigenvalue weighted by Crippen LogP contribution is -2.18. The van der Waals surface area contributed by atoms with Gasteiger partial charge in [-0.2, -0.15) is 9.78 Å². The number of fused-ring (bicyclic) bond motifs is 1. The lowest BCUT2D eigenvalue weighted by atomic mass is 10.5. The van der Waals surface area contributed by atoms with Gasteiger partial charge >= 0.3 is 6.17 Å². The van der Waals surface area contributed by atoms with Crippen molar-refractivity contribution in [2.45, 2.75) is 6.17 Å². The van der Waals surface area contributed by atoms with Crippen molar-refractivity contribution in [1.29, 1.82) is 0 Å². The van der Waals surface area contributed by atoms with Gasteiger partial charge in [0, 0.05) is 11.0 Å². The van der Waals surface area contributed by atoms with Crippen molar-refractivity contribution in [3.63, 3.8) is 0 Å². The second-order valence-electron chi connectivity index (χ2n) is 2.31. The van der Waals surface area contributed by atoms with Gasteiger partial charge in [0.05, 0.1) is 6.20 Å². The number of rotatable bonds is 1. The van der Waals surface area contributed by atoms with E-state index in [4.69, 9.17) is 0 Å². The van der Waals surface area contributed by atoms with Gasteiger partial charge in [-0.25, -0.2) is 0 Å². The summed E-state index contributed by atoms with van der Waals surface area (Å²) >= 11 is 0. The molecule has 2 rings (SSSR count). The maximum atomic E-state index is 10.4. The first kappa shape index (κ1) is 6.14. The molecule has 0 fully saturated rings. The van der Waals surface area contributed by atoms with Crippen molar-refractivity contribution < 1.29 is 4.92 Å². The molecular weight excluding hydrogens is 148 g/mol. The number of nitrogens with one attached hydrogen (secondary N) is 1. The number of hydrogen-bond donors (Lipinski definition) is 1. The Labute approximate surface area is 62.0 Å². The number of anilines is 1. The van der Waals surface area contributed by atoms with Gasteiger partial charge in [0.15, 0.2) is 0 Å². The Morgan fingerprint density at radius 2 is 2.73 bits per heavy atom. The Morgan fingerprint density at radius 3 is 3.45 bits per heavy atom. The van der Waals surface area contributed by atoms with Crippen LogP contribution in [0.3, 0.4) is 0 Å². The molecule has 2 heterocycles. The summed E-state index contributed by atoms with van der Waals surface area (Å²) in [5.74, 6) is 0.715. The molecule has 0 bridgehead atoms. The summed E-state index contributed by atoms with van der Waals surface area (Å²) in [7, 11) is 0. The molecule has 0 aromatic carbocycles. The fraction of sp³-hybridized carbons (Fsp3) is 0.400. The summed E-state index contributed by atoms with van der Waals surface area (Å²) in [4.78, 5) is 10.0. The van der Waals surface area contributed by atoms with E-state index in [9.17, 15) is 10.1 Å². The van der Waals surface area contributed by atoms with Crippen molar-refractivity contribution in [3.8, 4) is 0 Å². The van der Waals surface area contributed by atoms with Gasteiger partial charge in [-0.05, 0) is 0 Å². The molecule has 1 aliphatic rings. The number of hydrogen-bond acceptors (Lipinski definition) is 4. The molecule has 0 spiro atoms. The normalized spacial score (nSPS) is 20.9. The zero-order valence-corrected chi connectivity index (χ0v) is 5.60. The van der Waals surface area contributed by atoms with Crippen LogP contribution < -0.4 is 5.32 Å². The molecule has 1 aromatic rings. The largest absolute Gasteiger partial charge is 0.361 e. The molecule has 0 amide bonds. The molecule has 11 heavy (non-hydrogen) atoms. The molecule has 1 unspecified atom stereocenters. The maximum Gasteiger partial charge on any atom is 0.323 e. The zero-order chi connectivity index (χ0) is 7.84. The Kier molecular flexibility index (Phi) is 1.09. The Morgan fingerprint density at radius 1 is 1.91 bits per heavy atom. The quantitative estimate of drug-likeness (QED) is 0.459. The Balaban J connectivity index is 2.38. The monoisotopic (exact) mass is 154 g/mol. The van der Waals surface area contributed by atoms with E-state index in [1.54, 1.807) is 6.07 Å². The van der Waals surface area contributed by atoms with Gasteiger partial charge in [0.2, 0.25) is 0 Å². The second-order valence-corrected chi connectivity index (χ2v) is 2.31. The Bertz CT molecular complexity index is 294. The third kappa shape index (κ3) is 0.754. The molecule has 0 saturated heterocycles. The molecule has 6 heteroatoms. The van der Waals surface area contributed by atoms with Gasteiger partial charge < -0.3 is 5.32 Å². The van der Waals surface area contributed by atoms with E-state index in [-0.39, 0.29) is 4.92 Å². The highest BCUT2D eigenvalue weighted by Crippen LogP contribution is 2.21. The fourth-order valence-corrected chi connectivity index (χ4v) is 1.14. The lowest BCUT2D eigenvalue weighted by Gasteiger charge is -1.99. The standard InChI is InChI=1S/C5H6N4O2/c10-9(11)5-3-6-4-1-2-7-8(4)5/h1-2,5-6H,3H2. The molecule has 0 saturated carbocycles. The minimum Gasteiger partial charge on any atom is -0.361 e. The topological polar surface area (TPSA) is 73.0 Å². The van der Waals surface area contributed by atoms with Crippen LogP contribution in [0.2, 0.25) is 0 Å². The van der Waals surface area contributed by atoms with E-state index in [0.29, 0.717) is 12.4 Å². The van der Waals surface area contributed by atoms with Crippen LogP contribution in [0, 0.1) is 10.1 Å². The third-order valence-electron chi connectivity index (χ3n) is 1.66. The highest BCUT2D eigenvalue weighted by atomic mass is 16.6. The van der Waals surface area contributed by atoms with Crippen LogP contribution in [0.5, 0.6) is 0 Å². The molecule has 0 aliphatic carbocycles. The predicted octanol–water partition coefficient (Wildman–Crippen LogP) is 0.0839. The molecule has 58 valence electrons. The zero-order valence-electron chi connectivity index (χ0n) is 5.60. The van der Waals surface area contributed by atoms with Gasteiger partial charge in [-0.15, -0.1) is 0 Å². The van der Waals surface area contributed by atoms with Gasteiger partial charge in [-0.3, -0.25) is 10.1 Å². The van der Waals surface area contributed by atoms with Crippen LogP contribution >= 0.6 is 0 Å². The summed E-state index contributed by atoms with van der Waals surface area (Å²) in [5, 5.41) is 17.0. The van der Waals surface area contributed by atoms with E-state index >= 15 is 0 Å². The minimum absolute atomic E-state index is 0.330. The van der Waals surface area contributed by atoms with E-state index in [1.165, 1.54) is 10.9 Å². The van der Waals surface area contributed by atoms with Crippen LogP contribution in [0.25, 0.3) is 0 Å². The first-order valence-corrected chi connectivity index (χ1v) is 3.20. The van der Waals surface area contributed by atoms with E-state index in [1.807, 2.05) is 0 Å². The highest BCUT2D eigenvalue weighted by Gasteiger charge is 2.30. The molecule has 1 aromatic heterocycles. The maximum absolute atomic E-state index is 10.4. The average molecular weight is 154 g/mol. The first-order chi connectivity index (χ1) is 5.29. The predicted molar refractivity (Wildman–Crippen MR) is 36.7 cm³/mol.